The van der Waals surface area contributed by atoms with Crippen LogP contribution in [0.15, 0.2) is 84.4 Å². The number of amides is 4. The molecule has 1 aliphatic heterocycles. The smallest absolute Gasteiger partial charge is 0.321 e. The lowest BCUT2D eigenvalue weighted by molar-refractivity contribution is 0.0372. The normalized spacial score (nSPS) is 17.0. The topological polar surface area (TPSA) is 124 Å². The minimum atomic E-state index is -0.544. The number of anilines is 2. The Balaban J connectivity index is 1.42. The zero-order chi connectivity index (χ0) is 31.2. The van der Waals surface area contributed by atoms with Crippen molar-refractivity contribution in [2.45, 2.75) is 26.0 Å². The number of rotatable bonds is 8. The molecule has 1 aliphatic rings. The maximum Gasteiger partial charge on any atom is 0.321 e. The number of fused-ring (bicyclic) bond motifs is 1. The molecule has 1 aromatic heterocycles. The van der Waals surface area contributed by atoms with Gasteiger partial charge in [-0.05, 0) is 43.3 Å². The van der Waals surface area contributed by atoms with Gasteiger partial charge in [-0.2, -0.15) is 0 Å². The molecule has 0 bridgehead atoms. The van der Waals surface area contributed by atoms with Crippen LogP contribution in [-0.2, 0) is 0 Å². The summed E-state index contributed by atoms with van der Waals surface area (Å²) in [6.45, 7) is 4.01. The molecule has 228 valence electrons. The Hall–Kier alpha value is -4.74. The number of nitrogens with one attached hydrogen (secondary N) is 2. The van der Waals surface area contributed by atoms with Crippen LogP contribution in [0.3, 0.4) is 0 Å². The molecule has 5 rings (SSSR count). The van der Waals surface area contributed by atoms with E-state index in [1.807, 2.05) is 42.6 Å². The molecule has 0 fully saturated rings. The fourth-order valence-electron chi connectivity index (χ4n) is 4.98. The van der Waals surface area contributed by atoms with Gasteiger partial charge in [0.1, 0.15) is 11.1 Å². The minimum absolute atomic E-state index is 0.204. The van der Waals surface area contributed by atoms with E-state index in [4.69, 9.17) is 4.74 Å². The maximum atomic E-state index is 13.8. The number of nitrogens with zero attached hydrogens (tertiary/aromatic N) is 3. The molecule has 0 saturated heterocycles. The van der Waals surface area contributed by atoms with Crippen molar-refractivity contribution < 1.29 is 24.2 Å². The summed E-state index contributed by atoms with van der Waals surface area (Å²) < 4.78 is 6.54. The average molecular weight is 614 g/mol. The Morgan fingerprint density at radius 2 is 1.84 bits per heavy atom. The van der Waals surface area contributed by atoms with Crippen molar-refractivity contribution in [1.29, 1.82) is 0 Å². The number of aliphatic hydroxyl groups excluding tert-OH is 1. The number of carbonyl (C=O) groups excluding carboxylic acids is 3. The van der Waals surface area contributed by atoms with Gasteiger partial charge in [0.05, 0.1) is 30.4 Å². The summed E-state index contributed by atoms with van der Waals surface area (Å²) in [7, 11) is 1.68. The number of aromatic nitrogens is 1. The van der Waals surface area contributed by atoms with Gasteiger partial charge >= 0.3 is 6.03 Å². The van der Waals surface area contributed by atoms with Gasteiger partial charge in [0.2, 0.25) is 0 Å². The summed E-state index contributed by atoms with van der Waals surface area (Å²) in [5.74, 6) is -0.693. The number of ether oxygens (including phenoxy) is 1. The molecule has 0 aliphatic carbocycles. The summed E-state index contributed by atoms with van der Waals surface area (Å²) in [5.41, 5.74) is 2.59. The van der Waals surface area contributed by atoms with Crippen LogP contribution >= 0.6 is 11.3 Å². The van der Waals surface area contributed by atoms with Gasteiger partial charge < -0.3 is 30.3 Å². The largest absolute Gasteiger partial charge is 0.485 e. The molecule has 2 heterocycles. The van der Waals surface area contributed by atoms with Gasteiger partial charge in [-0.1, -0.05) is 43.3 Å². The Bertz CT molecular complexity index is 1600. The molecule has 10 nitrogen and oxygen atoms in total. The second kappa shape index (κ2) is 13.7. The van der Waals surface area contributed by atoms with Crippen molar-refractivity contribution in [3.63, 3.8) is 0 Å². The minimum Gasteiger partial charge on any atom is -0.485 e. The molecule has 3 atom stereocenters. The lowest BCUT2D eigenvalue weighted by atomic mass is 9.99. The van der Waals surface area contributed by atoms with Gasteiger partial charge in [0, 0.05) is 47.9 Å². The van der Waals surface area contributed by atoms with E-state index in [-0.39, 0.29) is 48.2 Å². The van der Waals surface area contributed by atoms with Crippen molar-refractivity contribution in [2.75, 3.05) is 37.4 Å². The predicted octanol–water partition coefficient (Wildman–Crippen LogP) is 5.45. The highest BCUT2D eigenvalue weighted by Crippen LogP contribution is 2.35. The number of benzene rings is 3. The van der Waals surface area contributed by atoms with Gasteiger partial charge in [0.25, 0.3) is 11.8 Å². The first-order valence-electron chi connectivity index (χ1n) is 14.3. The molecule has 4 amide bonds. The van der Waals surface area contributed by atoms with Crippen LogP contribution in [0.1, 0.15) is 34.6 Å². The molecule has 0 unspecified atom stereocenters. The summed E-state index contributed by atoms with van der Waals surface area (Å²) in [6.07, 6.45) is 1.19. The summed E-state index contributed by atoms with van der Waals surface area (Å²) in [5, 5.41) is 18.5. The van der Waals surface area contributed by atoms with Crippen LogP contribution < -0.4 is 15.4 Å². The molecule has 44 heavy (non-hydrogen) atoms. The maximum absolute atomic E-state index is 13.8. The highest BCUT2D eigenvalue weighted by atomic mass is 32.1. The van der Waals surface area contributed by atoms with Crippen molar-refractivity contribution in [2.24, 2.45) is 5.92 Å². The highest BCUT2D eigenvalue weighted by molar-refractivity contribution is 7.13. The van der Waals surface area contributed by atoms with Gasteiger partial charge in [0.15, 0.2) is 5.75 Å². The molecule has 0 spiro atoms. The van der Waals surface area contributed by atoms with E-state index in [2.05, 4.69) is 15.6 Å². The fourth-order valence-corrected chi connectivity index (χ4v) is 5.62. The average Bonchev–Trinajstić information content (AvgIpc) is 3.58. The molecule has 0 saturated carbocycles. The van der Waals surface area contributed by atoms with Gasteiger partial charge in [-0.15, -0.1) is 11.3 Å². The van der Waals surface area contributed by atoms with E-state index in [1.54, 1.807) is 67.5 Å². The lowest BCUT2D eigenvalue weighted by Crippen LogP contribution is -2.50. The third-order valence-electron chi connectivity index (χ3n) is 7.59. The molecule has 11 heteroatoms. The monoisotopic (exact) mass is 613 g/mol. The third-order valence-corrected chi connectivity index (χ3v) is 8.41. The van der Waals surface area contributed by atoms with Crippen molar-refractivity contribution in [1.82, 2.24) is 14.8 Å². The first-order valence-corrected chi connectivity index (χ1v) is 15.2. The first-order chi connectivity index (χ1) is 21.2. The van der Waals surface area contributed by atoms with Crippen LogP contribution in [0.5, 0.6) is 5.75 Å². The predicted molar refractivity (Wildman–Crippen MR) is 171 cm³/mol. The number of likely N-dealkylation sites (N-methyl/N-ethyl adjacent to an activating group) is 1. The number of hydrogen-bond donors (Lipinski definition) is 3. The zero-order valence-corrected chi connectivity index (χ0v) is 25.6. The molecular formula is C33H35N5O5S. The van der Waals surface area contributed by atoms with Crippen molar-refractivity contribution >= 4 is 40.6 Å². The van der Waals surface area contributed by atoms with E-state index in [1.165, 1.54) is 16.2 Å². The Labute approximate surface area is 260 Å². The quantitative estimate of drug-likeness (QED) is 0.243. The van der Waals surface area contributed by atoms with Crippen LogP contribution in [0.25, 0.3) is 10.6 Å². The molecule has 4 aromatic rings. The van der Waals surface area contributed by atoms with Crippen molar-refractivity contribution in [3.8, 4) is 16.3 Å². The van der Waals surface area contributed by atoms with Gasteiger partial charge in [-0.3, -0.25) is 9.59 Å². The Kier molecular flexibility index (Phi) is 9.56. The molecule has 3 aromatic carbocycles. The third kappa shape index (κ3) is 6.90. The standard InChI is InChI=1S/C33H35N5O5S/c1-21-18-38(22(2)20-39)32(41)26-10-7-11-27(36-30(40)23-12-14-24(15-13-23)31-34-16-17-44-31)29(26)43-28(21)19-37(3)33(42)35-25-8-5-4-6-9-25/h4-17,21-22,28,39H,18-20H2,1-3H3,(H,35,42)(H,36,40)/t21-,22-,28-/m1/s1. The lowest BCUT2D eigenvalue weighted by Gasteiger charge is -2.38. The Morgan fingerprint density at radius 3 is 2.52 bits per heavy atom. The number of para-hydroxylation sites is 2. The van der Waals surface area contributed by atoms with Crippen LogP contribution in [0.4, 0.5) is 16.2 Å². The molecule has 3 N–H and O–H groups in total. The highest BCUT2D eigenvalue weighted by Gasteiger charge is 2.35. The Morgan fingerprint density at radius 1 is 1.09 bits per heavy atom. The van der Waals surface area contributed by atoms with Crippen LogP contribution in [0.2, 0.25) is 0 Å². The van der Waals surface area contributed by atoms with Crippen LogP contribution in [-0.4, -0.2) is 76.6 Å². The first kappa shape index (κ1) is 30.7. The summed E-state index contributed by atoms with van der Waals surface area (Å²) in [4.78, 5) is 47.6. The number of urea groups is 1. The van der Waals surface area contributed by atoms with E-state index < -0.39 is 12.1 Å². The number of aliphatic hydroxyl groups is 1. The number of hydrogen-bond acceptors (Lipinski definition) is 7. The second-order valence-electron chi connectivity index (χ2n) is 10.9. The second-order valence-corrected chi connectivity index (χ2v) is 11.7. The zero-order valence-electron chi connectivity index (χ0n) is 24.8. The van der Waals surface area contributed by atoms with E-state index in [0.29, 0.717) is 23.5 Å². The summed E-state index contributed by atoms with van der Waals surface area (Å²) >= 11 is 1.51. The SMILES string of the molecule is C[C@@H]1CN([C@H](C)CO)C(=O)c2cccc(NC(=O)c3ccc(-c4nccs4)cc3)c2O[C@@H]1CN(C)C(=O)Nc1ccccc1. The van der Waals surface area contributed by atoms with Crippen molar-refractivity contribution in [3.05, 3.63) is 95.5 Å². The van der Waals surface area contributed by atoms with Crippen LogP contribution in [0, 0.1) is 5.92 Å². The van der Waals surface area contributed by atoms with E-state index in [9.17, 15) is 19.5 Å². The summed E-state index contributed by atoms with van der Waals surface area (Å²) in [6, 6.07) is 20.5. The molecular weight excluding hydrogens is 578 g/mol. The van der Waals surface area contributed by atoms with E-state index in [0.717, 1.165) is 10.6 Å². The van der Waals surface area contributed by atoms with E-state index >= 15 is 0 Å². The number of carbonyl (C=O) groups is 3. The molecule has 0 radical (unpaired) electrons. The fraction of sp³-hybridized carbons (Fsp3) is 0.273. The van der Waals surface area contributed by atoms with Gasteiger partial charge in [-0.25, -0.2) is 9.78 Å². The number of thiazole rings is 1.